The quantitative estimate of drug-likeness (QED) is 0.687. The van der Waals surface area contributed by atoms with Crippen LogP contribution in [0.15, 0.2) is 4.99 Å². The van der Waals surface area contributed by atoms with Gasteiger partial charge in [-0.3, -0.25) is 4.99 Å². The van der Waals surface area contributed by atoms with Gasteiger partial charge in [0, 0.05) is 25.0 Å². The van der Waals surface area contributed by atoms with E-state index in [9.17, 15) is 0 Å². The molecule has 1 saturated heterocycles. The predicted octanol–water partition coefficient (Wildman–Crippen LogP) is 3.38. The molecule has 1 aromatic heterocycles. The standard InChI is InChI=1S/C16H28N4S/c1-11(2)15-13(4)21-14(19-15)10-18-16(17-5)20-8-6-12(3)7-9-20/h11-12H,6-10H2,1-5H3,(H,17,18). The number of piperidine rings is 1. The van der Waals surface area contributed by atoms with Gasteiger partial charge in [-0.15, -0.1) is 11.3 Å². The van der Waals surface area contributed by atoms with Crippen molar-refractivity contribution in [1.82, 2.24) is 15.2 Å². The van der Waals surface area contributed by atoms with E-state index < -0.39 is 0 Å². The topological polar surface area (TPSA) is 40.5 Å². The molecule has 0 aliphatic carbocycles. The number of aliphatic imine (C=N–C) groups is 1. The lowest BCUT2D eigenvalue weighted by Crippen LogP contribution is -2.45. The summed E-state index contributed by atoms with van der Waals surface area (Å²) in [5, 5.41) is 4.63. The Labute approximate surface area is 132 Å². The van der Waals surface area contributed by atoms with E-state index in [1.165, 1.54) is 23.4 Å². The van der Waals surface area contributed by atoms with Crippen molar-refractivity contribution in [3.05, 3.63) is 15.6 Å². The van der Waals surface area contributed by atoms with Gasteiger partial charge in [-0.05, 0) is 31.6 Å². The fraction of sp³-hybridized carbons (Fsp3) is 0.750. The molecule has 0 unspecified atom stereocenters. The molecule has 0 bridgehead atoms. The van der Waals surface area contributed by atoms with E-state index in [1.54, 1.807) is 11.3 Å². The van der Waals surface area contributed by atoms with Crippen LogP contribution in [-0.2, 0) is 6.54 Å². The van der Waals surface area contributed by atoms with Crippen LogP contribution in [0, 0.1) is 12.8 Å². The minimum atomic E-state index is 0.498. The largest absolute Gasteiger partial charge is 0.350 e. The van der Waals surface area contributed by atoms with Gasteiger partial charge < -0.3 is 10.2 Å². The third-order valence-electron chi connectivity index (χ3n) is 4.12. The van der Waals surface area contributed by atoms with E-state index in [0.717, 1.165) is 36.5 Å². The molecule has 0 atom stereocenters. The zero-order valence-corrected chi connectivity index (χ0v) is 14.8. The van der Waals surface area contributed by atoms with E-state index in [0.29, 0.717) is 5.92 Å². The number of hydrogen-bond acceptors (Lipinski definition) is 3. The molecule has 21 heavy (non-hydrogen) atoms. The molecular formula is C16H28N4S. The third-order valence-corrected chi connectivity index (χ3v) is 5.10. The van der Waals surface area contributed by atoms with E-state index in [1.807, 2.05) is 7.05 Å². The summed E-state index contributed by atoms with van der Waals surface area (Å²) in [5.74, 6) is 2.35. The van der Waals surface area contributed by atoms with Crippen molar-refractivity contribution in [1.29, 1.82) is 0 Å². The number of thiazole rings is 1. The van der Waals surface area contributed by atoms with Crippen molar-refractivity contribution >= 4 is 17.3 Å². The Balaban J connectivity index is 1.93. The molecule has 0 amide bonds. The molecule has 0 radical (unpaired) electrons. The maximum atomic E-state index is 4.76. The van der Waals surface area contributed by atoms with E-state index >= 15 is 0 Å². The zero-order valence-electron chi connectivity index (χ0n) is 13.9. The van der Waals surface area contributed by atoms with Crippen LogP contribution in [0.3, 0.4) is 0 Å². The summed E-state index contributed by atoms with van der Waals surface area (Å²) in [6.45, 7) is 11.9. The first-order chi connectivity index (χ1) is 10.0. The van der Waals surface area contributed by atoms with Crippen LogP contribution in [0.2, 0.25) is 0 Å². The van der Waals surface area contributed by atoms with Crippen LogP contribution in [0.1, 0.15) is 55.1 Å². The van der Waals surface area contributed by atoms with Gasteiger partial charge in [0.25, 0.3) is 0 Å². The molecule has 1 aromatic rings. The molecule has 5 heteroatoms. The summed E-state index contributed by atoms with van der Waals surface area (Å²) in [5.41, 5.74) is 1.23. The normalized spacial score (nSPS) is 17.6. The van der Waals surface area contributed by atoms with Crippen molar-refractivity contribution in [2.45, 2.75) is 53.0 Å². The van der Waals surface area contributed by atoms with Crippen LogP contribution in [0.4, 0.5) is 0 Å². The molecule has 1 N–H and O–H groups in total. The summed E-state index contributed by atoms with van der Waals surface area (Å²) in [6, 6.07) is 0. The zero-order chi connectivity index (χ0) is 15.4. The van der Waals surface area contributed by atoms with Crippen LogP contribution < -0.4 is 5.32 Å². The monoisotopic (exact) mass is 308 g/mol. The molecule has 0 spiro atoms. The Bertz CT molecular complexity index is 484. The van der Waals surface area contributed by atoms with Crippen LogP contribution in [0.5, 0.6) is 0 Å². The van der Waals surface area contributed by atoms with Crippen LogP contribution >= 0.6 is 11.3 Å². The fourth-order valence-electron chi connectivity index (χ4n) is 2.78. The van der Waals surface area contributed by atoms with Gasteiger partial charge in [0.15, 0.2) is 5.96 Å². The number of hydrogen-bond donors (Lipinski definition) is 1. The second-order valence-electron chi connectivity index (χ2n) is 6.27. The number of aryl methyl sites for hydroxylation is 1. The van der Waals surface area contributed by atoms with E-state index in [-0.39, 0.29) is 0 Å². The summed E-state index contributed by atoms with van der Waals surface area (Å²) in [4.78, 5) is 12.9. The van der Waals surface area contributed by atoms with Gasteiger partial charge in [-0.2, -0.15) is 0 Å². The van der Waals surface area contributed by atoms with Crippen LogP contribution in [0.25, 0.3) is 0 Å². The molecular weight excluding hydrogens is 280 g/mol. The molecule has 0 aromatic carbocycles. The highest BCUT2D eigenvalue weighted by Crippen LogP contribution is 2.24. The predicted molar refractivity (Wildman–Crippen MR) is 91.1 cm³/mol. The fourth-order valence-corrected chi connectivity index (χ4v) is 3.81. The first-order valence-corrected chi connectivity index (χ1v) is 8.74. The second kappa shape index (κ2) is 7.25. The molecule has 2 rings (SSSR count). The number of guanidine groups is 1. The molecule has 2 heterocycles. The minimum absolute atomic E-state index is 0.498. The van der Waals surface area contributed by atoms with Crippen molar-refractivity contribution < 1.29 is 0 Å². The van der Waals surface area contributed by atoms with Crippen molar-refractivity contribution in [3.8, 4) is 0 Å². The first-order valence-electron chi connectivity index (χ1n) is 7.93. The highest BCUT2D eigenvalue weighted by Gasteiger charge is 2.19. The lowest BCUT2D eigenvalue weighted by Gasteiger charge is -2.32. The molecule has 0 saturated carbocycles. The number of nitrogens with zero attached hydrogens (tertiary/aromatic N) is 3. The van der Waals surface area contributed by atoms with Crippen molar-refractivity contribution in [2.75, 3.05) is 20.1 Å². The number of nitrogens with one attached hydrogen (secondary N) is 1. The maximum absolute atomic E-state index is 4.76. The van der Waals surface area contributed by atoms with Gasteiger partial charge in [-0.1, -0.05) is 20.8 Å². The smallest absolute Gasteiger partial charge is 0.193 e. The molecule has 1 aliphatic rings. The number of aromatic nitrogens is 1. The average Bonchev–Trinajstić information content (AvgIpc) is 2.82. The Morgan fingerprint density at radius 1 is 1.43 bits per heavy atom. The Morgan fingerprint density at radius 3 is 2.62 bits per heavy atom. The van der Waals surface area contributed by atoms with Gasteiger partial charge in [-0.25, -0.2) is 4.98 Å². The molecule has 4 nitrogen and oxygen atoms in total. The summed E-state index contributed by atoms with van der Waals surface area (Å²) in [7, 11) is 1.87. The minimum Gasteiger partial charge on any atom is -0.350 e. The number of likely N-dealkylation sites (tertiary alicyclic amines) is 1. The first kappa shape index (κ1) is 16.3. The van der Waals surface area contributed by atoms with Gasteiger partial charge >= 0.3 is 0 Å². The Morgan fingerprint density at radius 2 is 2.10 bits per heavy atom. The highest BCUT2D eigenvalue weighted by atomic mass is 32.1. The molecule has 1 aliphatic heterocycles. The van der Waals surface area contributed by atoms with Gasteiger partial charge in [0.05, 0.1) is 12.2 Å². The summed E-state index contributed by atoms with van der Waals surface area (Å²) in [6.07, 6.45) is 2.52. The number of rotatable bonds is 3. The van der Waals surface area contributed by atoms with Gasteiger partial charge in [0.2, 0.25) is 0 Å². The summed E-state index contributed by atoms with van der Waals surface area (Å²) < 4.78 is 0. The highest BCUT2D eigenvalue weighted by molar-refractivity contribution is 7.11. The van der Waals surface area contributed by atoms with E-state index in [2.05, 4.69) is 42.9 Å². The molecule has 1 fully saturated rings. The molecule has 118 valence electrons. The third kappa shape index (κ3) is 4.19. The van der Waals surface area contributed by atoms with Crippen LogP contribution in [-0.4, -0.2) is 36.0 Å². The Hall–Kier alpha value is -1.10. The van der Waals surface area contributed by atoms with Gasteiger partial charge in [0.1, 0.15) is 5.01 Å². The van der Waals surface area contributed by atoms with Crippen molar-refractivity contribution in [2.24, 2.45) is 10.9 Å². The average molecular weight is 308 g/mol. The summed E-state index contributed by atoms with van der Waals surface area (Å²) >= 11 is 1.80. The lowest BCUT2D eigenvalue weighted by atomic mass is 10.00. The van der Waals surface area contributed by atoms with E-state index in [4.69, 9.17) is 4.98 Å². The maximum Gasteiger partial charge on any atom is 0.193 e. The Kier molecular flexibility index (Phi) is 5.62. The SMILES string of the molecule is CN=C(NCc1nc(C(C)C)c(C)s1)N1CCC(C)CC1. The lowest BCUT2D eigenvalue weighted by molar-refractivity contribution is 0.273. The van der Waals surface area contributed by atoms with Crippen molar-refractivity contribution in [3.63, 3.8) is 0 Å². The second-order valence-corrected chi connectivity index (χ2v) is 7.56.